The van der Waals surface area contributed by atoms with Crippen molar-refractivity contribution in [1.29, 1.82) is 0 Å². The average Bonchev–Trinajstić information content (AvgIpc) is 2.74. The highest BCUT2D eigenvalue weighted by Crippen LogP contribution is 2.38. The monoisotopic (exact) mass is 284 g/mol. The van der Waals surface area contributed by atoms with Crippen LogP contribution in [-0.2, 0) is 4.79 Å². The number of hydrogen-bond donors (Lipinski definition) is 2. The van der Waals surface area contributed by atoms with E-state index in [0.29, 0.717) is 13.0 Å². The van der Waals surface area contributed by atoms with Crippen molar-refractivity contribution in [3.63, 3.8) is 0 Å². The summed E-state index contributed by atoms with van der Waals surface area (Å²) in [5.74, 6) is -1.90. The number of carbonyl (C=O) groups is 1. The first-order valence-corrected chi connectivity index (χ1v) is 6.24. The number of halogens is 3. The highest BCUT2D eigenvalue weighted by Gasteiger charge is 2.41. The van der Waals surface area contributed by atoms with Gasteiger partial charge in [-0.05, 0) is 17.5 Å². The Morgan fingerprint density at radius 2 is 1.90 bits per heavy atom. The van der Waals surface area contributed by atoms with Gasteiger partial charge in [0.2, 0.25) is 0 Å². The Balaban J connectivity index is 2.16. The molecular weight excluding hydrogens is 269 g/mol. The van der Waals surface area contributed by atoms with Gasteiger partial charge in [-0.15, -0.1) is 6.58 Å². The van der Waals surface area contributed by atoms with E-state index < -0.39 is 18.1 Å². The summed E-state index contributed by atoms with van der Waals surface area (Å²) in [6.45, 7) is 4.15. The molecule has 1 aliphatic rings. The van der Waals surface area contributed by atoms with Crippen LogP contribution in [0, 0.1) is 0 Å². The van der Waals surface area contributed by atoms with Crippen LogP contribution in [0.5, 0.6) is 0 Å². The number of rotatable bonds is 4. The van der Waals surface area contributed by atoms with Crippen molar-refractivity contribution in [1.82, 2.24) is 10.6 Å². The molecule has 0 aliphatic heterocycles. The molecule has 0 spiro atoms. The second-order valence-electron chi connectivity index (χ2n) is 4.64. The van der Waals surface area contributed by atoms with Crippen LogP contribution in [0.4, 0.5) is 13.2 Å². The largest absolute Gasteiger partial charge is 0.471 e. The zero-order chi connectivity index (χ0) is 14.8. The Hall–Kier alpha value is -1.82. The minimum absolute atomic E-state index is 0.0808. The van der Waals surface area contributed by atoms with E-state index in [2.05, 4.69) is 17.2 Å². The Kier molecular flexibility index (Phi) is 4.13. The lowest BCUT2D eigenvalue weighted by atomic mass is 10.1. The highest BCUT2D eigenvalue weighted by atomic mass is 19.4. The van der Waals surface area contributed by atoms with Gasteiger partial charge in [-0.25, -0.2) is 0 Å². The van der Waals surface area contributed by atoms with E-state index in [0.717, 1.165) is 11.1 Å². The quantitative estimate of drug-likeness (QED) is 0.835. The van der Waals surface area contributed by atoms with E-state index in [4.69, 9.17) is 0 Å². The van der Waals surface area contributed by atoms with Gasteiger partial charge in [0.15, 0.2) is 0 Å². The molecule has 2 unspecified atom stereocenters. The predicted molar refractivity (Wildman–Crippen MR) is 68.9 cm³/mol. The average molecular weight is 284 g/mol. The normalized spacial score (nSPS) is 21.4. The van der Waals surface area contributed by atoms with E-state index >= 15 is 0 Å². The minimum atomic E-state index is -4.86. The molecule has 0 saturated heterocycles. The number of nitrogens with one attached hydrogen (secondary N) is 2. The summed E-state index contributed by atoms with van der Waals surface area (Å²) in [6.07, 6.45) is -2.78. The molecule has 3 nitrogen and oxygen atoms in total. The third-order valence-electron chi connectivity index (χ3n) is 3.29. The van der Waals surface area contributed by atoms with Crippen molar-refractivity contribution >= 4 is 5.91 Å². The predicted octanol–water partition coefficient (Wildman–Crippen LogP) is 2.63. The van der Waals surface area contributed by atoms with E-state index in [1.165, 1.54) is 0 Å². The molecule has 0 heterocycles. The number of hydrogen-bond acceptors (Lipinski definition) is 2. The van der Waals surface area contributed by atoms with Crippen molar-refractivity contribution < 1.29 is 18.0 Å². The van der Waals surface area contributed by atoms with Crippen molar-refractivity contribution in [2.45, 2.75) is 24.7 Å². The second kappa shape index (κ2) is 5.66. The molecule has 0 saturated carbocycles. The standard InChI is InChI=1S/C14H15F3N2O/c1-2-7-18-11-8-12(19-13(20)14(15,16)17)10-6-4-3-5-9(10)11/h2-6,11-12,18H,1,7-8H2,(H,19,20). The lowest BCUT2D eigenvalue weighted by Crippen LogP contribution is -2.38. The molecule has 2 atom stereocenters. The van der Waals surface area contributed by atoms with Crippen LogP contribution in [0.1, 0.15) is 29.6 Å². The maximum absolute atomic E-state index is 12.3. The molecule has 1 amide bonds. The van der Waals surface area contributed by atoms with E-state index in [1.807, 2.05) is 12.1 Å². The molecule has 6 heteroatoms. The molecule has 20 heavy (non-hydrogen) atoms. The van der Waals surface area contributed by atoms with Gasteiger partial charge in [-0.1, -0.05) is 30.3 Å². The van der Waals surface area contributed by atoms with Crippen LogP contribution >= 0.6 is 0 Å². The zero-order valence-corrected chi connectivity index (χ0v) is 10.7. The van der Waals surface area contributed by atoms with Gasteiger partial charge >= 0.3 is 12.1 Å². The fourth-order valence-electron chi connectivity index (χ4n) is 2.43. The van der Waals surface area contributed by atoms with Crippen LogP contribution in [0.15, 0.2) is 36.9 Å². The highest BCUT2D eigenvalue weighted by molar-refractivity contribution is 5.82. The molecule has 2 rings (SSSR count). The van der Waals surface area contributed by atoms with Gasteiger partial charge in [0.05, 0.1) is 6.04 Å². The Morgan fingerprint density at radius 3 is 2.45 bits per heavy atom. The fraction of sp³-hybridized carbons (Fsp3) is 0.357. The van der Waals surface area contributed by atoms with Crippen molar-refractivity contribution in [3.8, 4) is 0 Å². The van der Waals surface area contributed by atoms with Gasteiger partial charge in [-0.3, -0.25) is 4.79 Å². The minimum Gasteiger partial charge on any atom is -0.341 e. The van der Waals surface area contributed by atoms with Crippen LogP contribution in [-0.4, -0.2) is 18.6 Å². The first-order valence-electron chi connectivity index (χ1n) is 6.24. The molecular formula is C14H15F3N2O. The Labute approximate surface area is 114 Å². The molecule has 0 fully saturated rings. The van der Waals surface area contributed by atoms with E-state index in [-0.39, 0.29) is 6.04 Å². The molecule has 1 aromatic rings. The molecule has 108 valence electrons. The third kappa shape index (κ3) is 3.01. The van der Waals surface area contributed by atoms with Gasteiger partial charge in [0.25, 0.3) is 0 Å². The summed E-state index contributed by atoms with van der Waals surface area (Å²) in [7, 11) is 0. The molecule has 0 aromatic heterocycles. The first-order chi connectivity index (χ1) is 9.43. The summed E-state index contributed by atoms with van der Waals surface area (Å²) in [5.41, 5.74) is 1.65. The van der Waals surface area contributed by atoms with Gasteiger partial charge in [0, 0.05) is 12.6 Å². The SMILES string of the molecule is C=CCNC1CC(NC(=O)C(F)(F)F)c2ccccc21. The van der Waals surface area contributed by atoms with Crippen LogP contribution < -0.4 is 10.6 Å². The number of amides is 1. The fourth-order valence-corrected chi connectivity index (χ4v) is 2.43. The van der Waals surface area contributed by atoms with Crippen molar-refractivity contribution in [3.05, 3.63) is 48.0 Å². The zero-order valence-electron chi connectivity index (χ0n) is 10.7. The van der Waals surface area contributed by atoms with Gasteiger partial charge < -0.3 is 10.6 Å². The summed E-state index contributed by atoms with van der Waals surface area (Å²) in [6, 6.07) is 6.48. The lowest BCUT2D eigenvalue weighted by Gasteiger charge is -2.16. The summed E-state index contributed by atoms with van der Waals surface area (Å²) in [5, 5.41) is 5.23. The Morgan fingerprint density at radius 1 is 1.30 bits per heavy atom. The first kappa shape index (κ1) is 14.6. The second-order valence-corrected chi connectivity index (χ2v) is 4.64. The number of benzene rings is 1. The van der Waals surface area contributed by atoms with Gasteiger partial charge in [0.1, 0.15) is 0 Å². The summed E-state index contributed by atoms with van der Waals surface area (Å²) in [4.78, 5) is 11.1. The van der Waals surface area contributed by atoms with E-state index in [9.17, 15) is 18.0 Å². The third-order valence-corrected chi connectivity index (χ3v) is 3.29. The van der Waals surface area contributed by atoms with Crippen molar-refractivity contribution in [2.24, 2.45) is 0 Å². The summed E-state index contributed by atoms with van der Waals surface area (Å²) >= 11 is 0. The molecule has 0 bridgehead atoms. The lowest BCUT2D eigenvalue weighted by molar-refractivity contribution is -0.174. The van der Waals surface area contributed by atoms with Gasteiger partial charge in [-0.2, -0.15) is 13.2 Å². The molecule has 0 radical (unpaired) electrons. The maximum Gasteiger partial charge on any atom is 0.471 e. The smallest absolute Gasteiger partial charge is 0.341 e. The topological polar surface area (TPSA) is 41.1 Å². The number of carbonyl (C=O) groups excluding carboxylic acids is 1. The van der Waals surface area contributed by atoms with Crippen LogP contribution in [0.25, 0.3) is 0 Å². The molecule has 1 aliphatic carbocycles. The van der Waals surface area contributed by atoms with E-state index in [1.54, 1.807) is 18.2 Å². The van der Waals surface area contributed by atoms with Crippen LogP contribution in [0.2, 0.25) is 0 Å². The van der Waals surface area contributed by atoms with Crippen LogP contribution in [0.3, 0.4) is 0 Å². The number of fused-ring (bicyclic) bond motifs is 1. The molecule has 2 N–H and O–H groups in total. The molecule has 1 aromatic carbocycles. The maximum atomic E-state index is 12.3. The Bertz CT molecular complexity index is 513. The van der Waals surface area contributed by atoms with Crippen molar-refractivity contribution in [2.75, 3.05) is 6.54 Å². The summed E-state index contributed by atoms with van der Waals surface area (Å²) < 4.78 is 37.0. The number of alkyl halides is 3.